The van der Waals surface area contributed by atoms with E-state index in [0.717, 1.165) is 0 Å². The van der Waals surface area contributed by atoms with Crippen LogP contribution in [0.25, 0.3) is 11.6 Å². The smallest absolute Gasteiger partial charge is 0.337 e. The molecule has 0 unspecified atom stereocenters. The Morgan fingerprint density at radius 2 is 1.78 bits per heavy atom. The second-order valence-corrected chi connectivity index (χ2v) is 5.27. The fourth-order valence-corrected chi connectivity index (χ4v) is 2.54. The van der Waals surface area contributed by atoms with Gasteiger partial charge in [-0.05, 0) is 12.1 Å². The molecule has 0 saturated carbocycles. The molecule has 1 heterocycles. The Morgan fingerprint density at radius 3 is 2.26 bits per heavy atom. The quantitative estimate of drug-likeness (QED) is 0.780. The molecule has 2 rings (SSSR count). The maximum atomic E-state index is 11.5. The highest BCUT2D eigenvalue weighted by molar-refractivity contribution is 7.13. The lowest BCUT2D eigenvalue weighted by Crippen LogP contribution is -2.01. The number of carboxylic acids is 1. The zero-order valence-corrected chi connectivity index (χ0v) is 13.6. The number of carboxylic acid groups (broad SMARTS) is 1. The summed E-state index contributed by atoms with van der Waals surface area (Å²) in [6, 6.07) is 3.26. The number of aliphatic carboxylic acids is 1. The first-order valence-corrected chi connectivity index (χ1v) is 7.34. The van der Waals surface area contributed by atoms with Crippen molar-refractivity contribution in [2.75, 3.05) is 27.1 Å². The average Bonchev–Trinajstić information content (AvgIpc) is 2.97. The normalized spacial score (nSPS) is 11.2. The molecule has 0 atom stereocenters. The number of nitrogens with zero attached hydrogens (tertiary/aromatic N) is 1. The van der Waals surface area contributed by atoms with Crippen molar-refractivity contribution < 1.29 is 24.1 Å². The molecule has 0 saturated heterocycles. The molecule has 0 spiro atoms. The van der Waals surface area contributed by atoms with Crippen molar-refractivity contribution in [1.29, 1.82) is 0 Å². The van der Waals surface area contributed by atoms with E-state index in [2.05, 4.69) is 4.98 Å². The molecule has 0 aliphatic heterocycles. The van der Waals surface area contributed by atoms with Gasteiger partial charge in [-0.3, -0.25) is 0 Å². The predicted molar refractivity (Wildman–Crippen MR) is 88.1 cm³/mol. The summed E-state index contributed by atoms with van der Waals surface area (Å²) in [6.45, 7) is 0. The highest BCUT2D eigenvalue weighted by atomic mass is 32.1. The lowest BCUT2D eigenvalue weighted by atomic mass is 10.1. The van der Waals surface area contributed by atoms with Crippen molar-refractivity contribution in [1.82, 2.24) is 4.98 Å². The summed E-state index contributed by atoms with van der Waals surface area (Å²) in [5.41, 5.74) is 6.39. The number of nitrogens with two attached hydrogens (primary N) is 1. The number of nitrogen functional groups attached to an aromatic ring is 1. The van der Waals surface area contributed by atoms with Crippen LogP contribution in [0.2, 0.25) is 0 Å². The minimum atomic E-state index is -1.12. The fourth-order valence-electron chi connectivity index (χ4n) is 1.98. The molecule has 0 radical (unpaired) electrons. The van der Waals surface area contributed by atoms with Gasteiger partial charge in [0, 0.05) is 17.0 Å². The molecule has 23 heavy (non-hydrogen) atoms. The standard InChI is InChI=1S/C15H16N2O5S/c1-20-11-6-13(22-3)12(21-2)5-8(11)4-9(14(18)19)10-7-23-15(16)17-10/h4-7H,1-3H3,(H2,16,17)(H,18,19)/b9-4-. The minimum absolute atomic E-state index is 0.00321. The highest BCUT2D eigenvalue weighted by Gasteiger charge is 2.17. The molecule has 2 aromatic rings. The Hall–Kier alpha value is -2.74. The monoisotopic (exact) mass is 336 g/mol. The van der Waals surface area contributed by atoms with Crippen LogP contribution in [0.15, 0.2) is 17.5 Å². The van der Waals surface area contributed by atoms with Crippen molar-refractivity contribution >= 4 is 34.1 Å². The maximum absolute atomic E-state index is 11.5. The van der Waals surface area contributed by atoms with Gasteiger partial charge in [-0.25, -0.2) is 9.78 Å². The van der Waals surface area contributed by atoms with Crippen LogP contribution in [0.4, 0.5) is 5.13 Å². The van der Waals surface area contributed by atoms with Gasteiger partial charge in [-0.15, -0.1) is 11.3 Å². The van der Waals surface area contributed by atoms with E-state index in [4.69, 9.17) is 19.9 Å². The van der Waals surface area contributed by atoms with Crippen molar-refractivity contribution in [3.05, 3.63) is 28.8 Å². The molecular formula is C15H16N2O5S. The number of benzene rings is 1. The molecule has 3 N–H and O–H groups in total. The Bertz CT molecular complexity index is 754. The molecule has 8 heteroatoms. The summed E-state index contributed by atoms with van der Waals surface area (Å²) in [6.07, 6.45) is 1.46. The molecule has 122 valence electrons. The van der Waals surface area contributed by atoms with Gasteiger partial charge >= 0.3 is 5.97 Å². The zero-order valence-electron chi connectivity index (χ0n) is 12.8. The molecular weight excluding hydrogens is 320 g/mol. The van der Waals surface area contributed by atoms with E-state index in [1.807, 2.05) is 0 Å². The number of carbonyl (C=O) groups is 1. The SMILES string of the molecule is COc1cc(OC)c(OC)cc1/C=C(\C(=O)O)c1csc(N)n1. The van der Waals surface area contributed by atoms with Gasteiger partial charge in [-0.2, -0.15) is 0 Å². The summed E-state index contributed by atoms with van der Waals surface area (Å²) < 4.78 is 15.7. The van der Waals surface area contributed by atoms with Crippen LogP contribution < -0.4 is 19.9 Å². The fraction of sp³-hybridized carbons (Fsp3) is 0.200. The lowest BCUT2D eigenvalue weighted by molar-refractivity contribution is -0.130. The van der Waals surface area contributed by atoms with Crippen LogP contribution in [-0.2, 0) is 4.79 Å². The van der Waals surface area contributed by atoms with Crippen molar-refractivity contribution in [3.63, 3.8) is 0 Å². The van der Waals surface area contributed by atoms with Gasteiger partial charge in [0.2, 0.25) is 0 Å². The number of hydrogen-bond donors (Lipinski definition) is 2. The van der Waals surface area contributed by atoms with Crippen molar-refractivity contribution in [2.45, 2.75) is 0 Å². The number of ether oxygens (including phenoxy) is 3. The van der Waals surface area contributed by atoms with Crippen molar-refractivity contribution in [2.24, 2.45) is 0 Å². The van der Waals surface area contributed by atoms with Gasteiger partial charge in [0.25, 0.3) is 0 Å². The first-order valence-electron chi connectivity index (χ1n) is 6.46. The number of aromatic nitrogens is 1. The average molecular weight is 336 g/mol. The molecule has 0 fully saturated rings. The number of hydrogen-bond acceptors (Lipinski definition) is 7. The predicted octanol–water partition coefficient (Wildman–Crippen LogP) is 2.38. The molecule has 1 aromatic carbocycles. The number of anilines is 1. The van der Waals surface area contributed by atoms with Gasteiger partial charge in [0.1, 0.15) is 5.75 Å². The van der Waals surface area contributed by atoms with Crippen LogP contribution in [0.3, 0.4) is 0 Å². The summed E-state index contributed by atoms with van der Waals surface area (Å²) >= 11 is 1.17. The third kappa shape index (κ3) is 3.54. The number of methoxy groups -OCH3 is 3. The number of thiazole rings is 1. The second-order valence-electron chi connectivity index (χ2n) is 4.38. The largest absolute Gasteiger partial charge is 0.496 e. The van der Waals surface area contributed by atoms with Gasteiger partial charge in [0.15, 0.2) is 16.6 Å². The number of rotatable bonds is 6. The van der Waals surface area contributed by atoms with Gasteiger partial charge < -0.3 is 25.1 Å². The van der Waals surface area contributed by atoms with Crippen LogP contribution in [0, 0.1) is 0 Å². The zero-order chi connectivity index (χ0) is 17.0. The molecule has 0 amide bonds. The Morgan fingerprint density at radius 1 is 1.17 bits per heavy atom. The summed E-state index contributed by atoms with van der Waals surface area (Å²) in [5.74, 6) is 0.273. The van der Waals surface area contributed by atoms with E-state index < -0.39 is 5.97 Å². The van der Waals surface area contributed by atoms with E-state index in [1.165, 1.54) is 38.7 Å². The highest BCUT2D eigenvalue weighted by Crippen LogP contribution is 2.36. The van der Waals surface area contributed by atoms with E-state index in [-0.39, 0.29) is 11.3 Å². The van der Waals surface area contributed by atoms with Crippen LogP contribution >= 0.6 is 11.3 Å². The Labute approximate surface area is 136 Å². The van der Waals surface area contributed by atoms with Gasteiger partial charge in [-0.1, -0.05) is 0 Å². The molecule has 7 nitrogen and oxygen atoms in total. The van der Waals surface area contributed by atoms with E-state index >= 15 is 0 Å². The van der Waals surface area contributed by atoms with Gasteiger partial charge in [0.05, 0.1) is 32.6 Å². The third-order valence-electron chi connectivity index (χ3n) is 3.06. The minimum Gasteiger partial charge on any atom is -0.496 e. The van der Waals surface area contributed by atoms with E-state index in [0.29, 0.717) is 27.9 Å². The molecule has 1 aromatic heterocycles. The first-order chi connectivity index (χ1) is 11.0. The molecule has 0 aliphatic carbocycles. The Balaban J connectivity index is 2.60. The summed E-state index contributed by atoms with van der Waals surface area (Å²) in [4.78, 5) is 15.6. The molecule has 0 aliphatic rings. The van der Waals surface area contributed by atoms with E-state index in [9.17, 15) is 9.90 Å². The van der Waals surface area contributed by atoms with Crippen LogP contribution in [0.1, 0.15) is 11.3 Å². The second kappa shape index (κ2) is 7.01. The lowest BCUT2D eigenvalue weighted by Gasteiger charge is -2.12. The first kappa shape index (κ1) is 16.6. The van der Waals surface area contributed by atoms with Crippen molar-refractivity contribution in [3.8, 4) is 17.2 Å². The summed E-state index contributed by atoms with van der Waals surface area (Å²) in [5, 5.41) is 11.3. The topological polar surface area (TPSA) is 104 Å². The third-order valence-corrected chi connectivity index (χ3v) is 3.74. The van der Waals surface area contributed by atoms with E-state index in [1.54, 1.807) is 17.5 Å². The molecule has 0 bridgehead atoms. The maximum Gasteiger partial charge on any atom is 0.337 e. The Kier molecular flexibility index (Phi) is 5.07. The summed E-state index contributed by atoms with van der Waals surface area (Å²) in [7, 11) is 4.49. The van der Waals surface area contributed by atoms with Crippen LogP contribution in [-0.4, -0.2) is 37.4 Å². The van der Waals surface area contributed by atoms with Crippen LogP contribution in [0.5, 0.6) is 17.2 Å².